The highest BCUT2D eigenvalue weighted by Gasteiger charge is 2.17. The van der Waals surface area contributed by atoms with Crippen LogP contribution in [-0.4, -0.2) is 65.9 Å². The second-order valence-electron chi connectivity index (χ2n) is 7.75. The molecule has 2 unspecified atom stereocenters. The molecule has 2 N–H and O–H groups in total. The number of halogens is 1. The van der Waals surface area contributed by atoms with E-state index < -0.39 is 0 Å². The summed E-state index contributed by atoms with van der Waals surface area (Å²) in [6, 6.07) is 16.4. The van der Waals surface area contributed by atoms with Gasteiger partial charge < -0.3 is 29.7 Å². The van der Waals surface area contributed by atoms with Crippen LogP contribution < -0.4 is 20.1 Å². The molecule has 2 aromatic rings. The van der Waals surface area contributed by atoms with Crippen LogP contribution in [0.2, 0.25) is 0 Å². The Morgan fingerprint density at radius 2 is 1.67 bits per heavy atom. The van der Waals surface area contributed by atoms with Crippen LogP contribution in [0.25, 0.3) is 0 Å². The van der Waals surface area contributed by atoms with Crippen molar-refractivity contribution in [3.8, 4) is 11.5 Å². The summed E-state index contributed by atoms with van der Waals surface area (Å²) < 4.78 is 16.8. The zero-order valence-electron chi connectivity index (χ0n) is 20.6. The maximum Gasteiger partial charge on any atom is 0.191 e. The molecule has 0 aliphatic rings. The molecule has 0 bridgehead atoms. The highest BCUT2D eigenvalue weighted by molar-refractivity contribution is 14.0. The third kappa shape index (κ3) is 9.38. The lowest BCUT2D eigenvalue weighted by atomic mass is 10.1. The van der Waals surface area contributed by atoms with Crippen molar-refractivity contribution in [2.75, 3.05) is 55.1 Å². The number of hydrogen-bond donors (Lipinski definition) is 2. The van der Waals surface area contributed by atoms with Gasteiger partial charge in [0.2, 0.25) is 0 Å². The normalized spacial score (nSPS) is 13.1. The molecule has 0 amide bonds. The molecule has 0 saturated heterocycles. The fraction of sp³-hybridized carbons (Fsp3) is 0.480. The van der Waals surface area contributed by atoms with Gasteiger partial charge in [0.05, 0.1) is 26.4 Å². The van der Waals surface area contributed by atoms with E-state index in [0.717, 1.165) is 36.0 Å². The van der Waals surface area contributed by atoms with Gasteiger partial charge in [-0.15, -0.1) is 24.0 Å². The average molecular weight is 571 g/mol. The van der Waals surface area contributed by atoms with Crippen LogP contribution in [0.3, 0.4) is 0 Å². The maximum absolute atomic E-state index is 5.94. The lowest BCUT2D eigenvalue weighted by molar-refractivity contribution is 0.0646. The zero-order valence-corrected chi connectivity index (χ0v) is 23.0. The number of nitrogens with zero attached hydrogens (tertiary/aromatic N) is 2. The number of ether oxygens (including phenoxy) is 3. The van der Waals surface area contributed by atoms with Crippen LogP contribution in [0, 0.1) is 0 Å². The van der Waals surface area contributed by atoms with Crippen molar-refractivity contribution in [1.29, 1.82) is 0 Å². The number of guanidine groups is 1. The first kappa shape index (κ1) is 29.0. The Hall–Kier alpha value is -2.04. The lowest BCUT2D eigenvalue weighted by Crippen LogP contribution is -2.42. The Balaban J connectivity index is 0.00000544. The monoisotopic (exact) mass is 570 g/mol. The van der Waals surface area contributed by atoms with Gasteiger partial charge in [-0.1, -0.05) is 36.4 Å². The van der Waals surface area contributed by atoms with Crippen LogP contribution in [0.15, 0.2) is 53.5 Å². The number of methoxy groups -OCH3 is 2. The highest BCUT2D eigenvalue weighted by Crippen LogP contribution is 2.31. The van der Waals surface area contributed by atoms with Crippen molar-refractivity contribution in [3.63, 3.8) is 0 Å². The molecule has 8 heteroatoms. The number of hydrogen-bond acceptors (Lipinski definition) is 5. The van der Waals surface area contributed by atoms with Crippen molar-refractivity contribution in [1.82, 2.24) is 15.5 Å². The minimum absolute atomic E-state index is 0. The number of likely N-dealkylation sites (N-methyl/N-ethyl adjacent to an activating group) is 1. The smallest absolute Gasteiger partial charge is 0.191 e. The SMILES string of the molecule is CN=C(NCCCOC(C)c1ccccc1)NCC(c1ccc(OC)c(OC)c1)N(C)C.I. The van der Waals surface area contributed by atoms with Crippen LogP contribution in [0.5, 0.6) is 11.5 Å². The van der Waals surface area contributed by atoms with E-state index in [9.17, 15) is 0 Å². The molecule has 184 valence electrons. The molecule has 0 fully saturated rings. The highest BCUT2D eigenvalue weighted by atomic mass is 127. The van der Waals surface area contributed by atoms with Gasteiger partial charge in [-0.2, -0.15) is 0 Å². The Bertz CT molecular complexity index is 834. The van der Waals surface area contributed by atoms with Crippen molar-refractivity contribution in [3.05, 3.63) is 59.7 Å². The first-order valence-corrected chi connectivity index (χ1v) is 11.0. The van der Waals surface area contributed by atoms with E-state index in [0.29, 0.717) is 13.2 Å². The molecule has 2 rings (SSSR count). The van der Waals surface area contributed by atoms with Crippen molar-refractivity contribution < 1.29 is 14.2 Å². The Morgan fingerprint density at radius 3 is 2.27 bits per heavy atom. The van der Waals surface area contributed by atoms with E-state index in [2.05, 4.69) is 59.7 Å². The van der Waals surface area contributed by atoms with Gasteiger partial charge in [0.25, 0.3) is 0 Å². The topological polar surface area (TPSA) is 67.4 Å². The maximum atomic E-state index is 5.94. The Labute approximate surface area is 215 Å². The minimum atomic E-state index is 0. The van der Waals surface area contributed by atoms with Crippen molar-refractivity contribution >= 4 is 29.9 Å². The van der Waals surface area contributed by atoms with E-state index in [1.54, 1.807) is 21.3 Å². The van der Waals surface area contributed by atoms with E-state index in [1.807, 2.05) is 30.3 Å². The van der Waals surface area contributed by atoms with Gasteiger partial charge in [-0.3, -0.25) is 4.99 Å². The third-order valence-corrected chi connectivity index (χ3v) is 5.35. The molecular formula is C25H39IN4O3. The summed E-state index contributed by atoms with van der Waals surface area (Å²) in [7, 11) is 9.20. The largest absolute Gasteiger partial charge is 0.493 e. The predicted octanol–water partition coefficient (Wildman–Crippen LogP) is 4.26. The van der Waals surface area contributed by atoms with E-state index in [4.69, 9.17) is 14.2 Å². The van der Waals surface area contributed by atoms with Gasteiger partial charge in [-0.05, 0) is 50.7 Å². The standard InChI is InChI=1S/C25H38N4O3.HI/c1-19(20-11-8-7-9-12-20)32-16-10-15-27-25(26-2)28-18-22(29(3)4)21-13-14-23(30-5)24(17-21)31-6;/h7-9,11-14,17,19,22H,10,15-16,18H2,1-6H3,(H2,26,27,28);1H. The molecule has 0 saturated carbocycles. The molecule has 33 heavy (non-hydrogen) atoms. The molecule has 0 aliphatic carbocycles. The first-order chi connectivity index (χ1) is 15.5. The molecule has 0 spiro atoms. The molecule has 7 nitrogen and oxygen atoms in total. The molecular weight excluding hydrogens is 531 g/mol. The van der Waals surface area contributed by atoms with Gasteiger partial charge in [0.15, 0.2) is 17.5 Å². The van der Waals surface area contributed by atoms with Crippen LogP contribution in [-0.2, 0) is 4.74 Å². The molecule has 0 aliphatic heterocycles. The van der Waals surface area contributed by atoms with Crippen molar-refractivity contribution in [2.45, 2.75) is 25.5 Å². The van der Waals surface area contributed by atoms with Gasteiger partial charge in [-0.25, -0.2) is 0 Å². The molecule has 0 aromatic heterocycles. The van der Waals surface area contributed by atoms with E-state index >= 15 is 0 Å². The molecule has 0 heterocycles. The molecule has 2 atom stereocenters. The van der Waals surface area contributed by atoms with Crippen LogP contribution >= 0.6 is 24.0 Å². The molecule has 2 aromatic carbocycles. The summed E-state index contributed by atoms with van der Waals surface area (Å²) in [5.74, 6) is 2.22. The van der Waals surface area contributed by atoms with E-state index in [1.165, 1.54) is 5.56 Å². The average Bonchev–Trinajstić information content (AvgIpc) is 2.82. The molecule has 0 radical (unpaired) electrons. The van der Waals surface area contributed by atoms with Gasteiger partial charge in [0, 0.05) is 26.7 Å². The fourth-order valence-electron chi connectivity index (χ4n) is 3.43. The lowest BCUT2D eigenvalue weighted by Gasteiger charge is -2.26. The van der Waals surface area contributed by atoms with Gasteiger partial charge >= 0.3 is 0 Å². The van der Waals surface area contributed by atoms with Crippen molar-refractivity contribution in [2.24, 2.45) is 4.99 Å². The quantitative estimate of drug-likeness (QED) is 0.172. The zero-order chi connectivity index (χ0) is 23.3. The number of benzene rings is 2. The van der Waals surface area contributed by atoms with Crippen LogP contribution in [0.1, 0.15) is 36.6 Å². The Morgan fingerprint density at radius 1 is 0.970 bits per heavy atom. The summed E-state index contributed by atoms with van der Waals surface area (Å²) in [5, 5.41) is 6.79. The number of nitrogens with one attached hydrogen (secondary N) is 2. The minimum Gasteiger partial charge on any atom is -0.493 e. The summed E-state index contributed by atoms with van der Waals surface area (Å²) >= 11 is 0. The summed E-state index contributed by atoms with van der Waals surface area (Å²) in [6.45, 7) is 4.25. The fourth-order valence-corrected chi connectivity index (χ4v) is 3.43. The van der Waals surface area contributed by atoms with Crippen LogP contribution in [0.4, 0.5) is 0 Å². The second kappa shape index (κ2) is 15.7. The number of aliphatic imine (C=N–C) groups is 1. The summed E-state index contributed by atoms with van der Waals surface area (Å²) in [6.07, 6.45) is 0.987. The third-order valence-electron chi connectivity index (χ3n) is 5.35. The second-order valence-corrected chi connectivity index (χ2v) is 7.75. The van der Waals surface area contributed by atoms with Gasteiger partial charge in [0.1, 0.15) is 0 Å². The number of rotatable bonds is 12. The summed E-state index contributed by atoms with van der Waals surface area (Å²) in [4.78, 5) is 6.51. The first-order valence-electron chi connectivity index (χ1n) is 11.0. The Kier molecular flexibility index (Phi) is 13.8. The van der Waals surface area contributed by atoms with E-state index in [-0.39, 0.29) is 36.1 Å². The predicted molar refractivity (Wildman–Crippen MR) is 146 cm³/mol. The summed E-state index contributed by atoms with van der Waals surface area (Å²) in [5.41, 5.74) is 2.33.